The smallest absolute Gasteiger partial charge is 0.243 e. The van der Waals surface area contributed by atoms with Crippen LogP contribution in [0.25, 0.3) is 0 Å². The van der Waals surface area contributed by atoms with Crippen LogP contribution in [-0.4, -0.2) is 31.7 Å². The molecule has 0 saturated carbocycles. The Hall–Kier alpha value is -2.38. The largest absolute Gasteiger partial charge is 0.399 e. The molecule has 3 N–H and O–H groups in total. The van der Waals surface area contributed by atoms with Crippen LogP contribution in [0.5, 0.6) is 0 Å². The fourth-order valence-corrected chi connectivity index (χ4v) is 4.99. The summed E-state index contributed by atoms with van der Waals surface area (Å²) in [6, 6.07) is 12.1. The van der Waals surface area contributed by atoms with Crippen molar-refractivity contribution in [2.24, 2.45) is 0 Å². The van der Waals surface area contributed by atoms with Gasteiger partial charge in [0.25, 0.3) is 0 Å². The zero-order valence-electron chi connectivity index (χ0n) is 15.4. The standard InChI is InChI=1S/C20H25N3O3S/c1-15-5-10-18(22-20(24)13-16-6-8-17(21)9-7-16)14-19(15)27(25,26)23-11-3-2-4-12-23/h5-10,14H,2-4,11-13,21H2,1H3,(H,22,24). The van der Waals surface area contributed by atoms with E-state index in [-0.39, 0.29) is 17.2 Å². The second-order valence-electron chi connectivity index (χ2n) is 6.91. The van der Waals surface area contributed by atoms with Gasteiger partial charge in [-0.05, 0) is 55.2 Å². The number of hydrogen-bond acceptors (Lipinski definition) is 4. The minimum absolute atomic E-state index is 0.197. The van der Waals surface area contributed by atoms with Gasteiger partial charge in [0.05, 0.1) is 11.3 Å². The van der Waals surface area contributed by atoms with Gasteiger partial charge >= 0.3 is 0 Å². The second kappa shape index (κ2) is 8.10. The first-order chi connectivity index (χ1) is 12.9. The zero-order chi connectivity index (χ0) is 19.4. The molecule has 6 nitrogen and oxygen atoms in total. The number of amides is 1. The summed E-state index contributed by atoms with van der Waals surface area (Å²) in [4.78, 5) is 12.6. The number of sulfonamides is 1. The van der Waals surface area contributed by atoms with Crippen molar-refractivity contribution in [2.45, 2.75) is 37.5 Å². The quantitative estimate of drug-likeness (QED) is 0.772. The highest BCUT2D eigenvalue weighted by Gasteiger charge is 2.27. The van der Waals surface area contributed by atoms with E-state index in [0.29, 0.717) is 30.0 Å². The summed E-state index contributed by atoms with van der Waals surface area (Å²) in [5, 5.41) is 2.79. The number of anilines is 2. The fourth-order valence-electron chi connectivity index (χ4n) is 3.23. The molecule has 1 amide bonds. The molecule has 2 aromatic rings. The van der Waals surface area contributed by atoms with Crippen LogP contribution in [0.3, 0.4) is 0 Å². The molecule has 1 aliphatic heterocycles. The van der Waals surface area contributed by atoms with Crippen LogP contribution in [0.15, 0.2) is 47.4 Å². The average molecular weight is 388 g/mol. The summed E-state index contributed by atoms with van der Waals surface area (Å²) in [5.41, 5.74) is 8.30. The third-order valence-corrected chi connectivity index (χ3v) is 6.79. The van der Waals surface area contributed by atoms with Crippen LogP contribution in [0, 0.1) is 6.92 Å². The van der Waals surface area contributed by atoms with E-state index in [0.717, 1.165) is 24.8 Å². The Kier molecular flexibility index (Phi) is 5.82. The van der Waals surface area contributed by atoms with Gasteiger partial charge in [0.15, 0.2) is 0 Å². The van der Waals surface area contributed by atoms with Crippen molar-refractivity contribution in [1.29, 1.82) is 0 Å². The van der Waals surface area contributed by atoms with Gasteiger partial charge in [-0.1, -0.05) is 24.6 Å². The minimum atomic E-state index is -3.55. The van der Waals surface area contributed by atoms with Gasteiger partial charge in [-0.2, -0.15) is 4.31 Å². The Labute approximate surface area is 160 Å². The molecule has 27 heavy (non-hydrogen) atoms. The first-order valence-electron chi connectivity index (χ1n) is 9.11. The summed E-state index contributed by atoms with van der Waals surface area (Å²) in [7, 11) is -3.55. The van der Waals surface area contributed by atoms with Crippen molar-refractivity contribution in [3.63, 3.8) is 0 Å². The fraction of sp³-hybridized carbons (Fsp3) is 0.350. The zero-order valence-corrected chi connectivity index (χ0v) is 16.3. The lowest BCUT2D eigenvalue weighted by molar-refractivity contribution is -0.115. The van der Waals surface area contributed by atoms with E-state index in [1.807, 2.05) is 0 Å². The third kappa shape index (κ3) is 4.67. The first kappa shape index (κ1) is 19.4. The van der Waals surface area contributed by atoms with Gasteiger partial charge in [-0.3, -0.25) is 4.79 Å². The third-order valence-electron chi connectivity index (χ3n) is 4.75. The number of benzene rings is 2. The molecule has 1 aliphatic rings. The summed E-state index contributed by atoms with van der Waals surface area (Å²) < 4.78 is 27.5. The summed E-state index contributed by atoms with van der Waals surface area (Å²) >= 11 is 0. The molecule has 144 valence electrons. The molecule has 3 rings (SSSR count). The van der Waals surface area contributed by atoms with E-state index in [1.165, 1.54) is 0 Å². The molecule has 0 spiro atoms. The number of rotatable bonds is 5. The topological polar surface area (TPSA) is 92.5 Å². The maximum absolute atomic E-state index is 13.0. The number of nitrogen functional groups attached to an aromatic ring is 1. The van der Waals surface area contributed by atoms with Gasteiger partial charge in [0.2, 0.25) is 15.9 Å². The molecule has 0 bridgehead atoms. The molecular weight excluding hydrogens is 362 g/mol. The molecule has 1 saturated heterocycles. The number of nitrogens with two attached hydrogens (primary N) is 1. The molecule has 1 fully saturated rings. The Morgan fingerprint density at radius 1 is 1.07 bits per heavy atom. The van der Waals surface area contributed by atoms with Crippen LogP contribution in [-0.2, 0) is 21.2 Å². The normalized spacial score (nSPS) is 15.4. The highest BCUT2D eigenvalue weighted by Crippen LogP contribution is 2.26. The lowest BCUT2D eigenvalue weighted by Gasteiger charge is -2.26. The molecule has 0 aromatic heterocycles. The maximum atomic E-state index is 13.0. The molecule has 7 heteroatoms. The Balaban J connectivity index is 1.76. The molecule has 0 unspecified atom stereocenters. The van der Waals surface area contributed by atoms with Gasteiger partial charge < -0.3 is 11.1 Å². The van der Waals surface area contributed by atoms with Gasteiger partial charge in [-0.15, -0.1) is 0 Å². The van der Waals surface area contributed by atoms with E-state index in [2.05, 4.69) is 5.32 Å². The van der Waals surface area contributed by atoms with Crippen LogP contribution in [0.4, 0.5) is 11.4 Å². The lowest BCUT2D eigenvalue weighted by atomic mass is 10.1. The Morgan fingerprint density at radius 3 is 2.41 bits per heavy atom. The highest BCUT2D eigenvalue weighted by molar-refractivity contribution is 7.89. The Morgan fingerprint density at radius 2 is 1.74 bits per heavy atom. The van der Waals surface area contributed by atoms with E-state index >= 15 is 0 Å². The molecule has 0 atom stereocenters. The van der Waals surface area contributed by atoms with Crippen LogP contribution in [0.2, 0.25) is 0 Å². The number of carbonyl (C=O) groups excluding carboxylic acids is 1. The SMILES string of the molecule is Cc1ccc(NC(=O)Cc2ccc(N)cc2)cc1S(=O)(=O)N1CCCCC1. The maximum Gasteiger partial charge on any atom is 0.243 e. The number of aryl methyl sites for hydroxylation is 1. The average Bonchev–Trinajstić information content (AvgIpc) is 2.66. The van der Waals surface area contributed by atoms with E-state index in [4.69, 9.17) is 5.73 Å². The lowest BCUT2D eigenvalue weighted by Crippen LogP contribution is -2.36. The van der Waals surface area contributed by atoms with Crippen molar-refractivity contribution < 1.29 is 13.2 Å². The molecule has 0 radical (unpaired) electrons. The second-order valence-corrected chi connectivity index (χ2v) is 8.82. The number of carbonyl (C=O) groups is 1. The van der Waals surface area contributed by atoms with E-state index in [1.54, 1.807) is 53.7 Å². The highest BCUT2D eigenvalue weighted by atomic mass is 32.2. The van der Waals surface area contributed by atoms with Crippen LogP contribution >= 0.6 is 0 Å². The van der Waals surface area contributed by atoms with Crippen molar-refractivity contribution in [3.8, 4) is 0 Å². The van der Waals surface area contributed by atoms with E-state index in [9.17, 15) is 13.2 Å². The summed E-state index contributed by atoms with van der Waals surface area (Å²) in [6.45, 7) is 2.88. The minimum Gasteiger partial charge on any atom is -0.399 e. The predicted octanol–water partition coefficient (Wildman–Crippen LogP) is 2.93. The summed E-state index contributed by atoms with van der Waals surface area (Å²) in [6.07, 6.45) is 3.03. The Bertz CT molecular complexity index is 918. The molecular formula is C20H25N3O3S. The van der Waals surface area contributed by atoms with Gasteiger partial charge in [0, 0.05) is 24.5 Å². The number of nitrogens with zero attached hydrogens (tertiary/aromatic N) is 1. The van der Waals surface area contributed by atoms with Gasteiger partial charge in [-0.25, -0.2) is 8.42 Å². The monoisotopic (exact) mass is 387 g/mol. The number of piperidine rings is 1. The van der Waals surface area contributed by atoms with Gasteiger partial charge in [0.1, 0.15) is 0 Å². The summed E-state index contributed by atoms with van der Waals surface area (Å²) in [5.74, 6) is -0.204. The molecule has 2 aromatic carbocycles. The molecule has 1 heterocycles. The van der Waals surface area contributed by atoms with Crippen molar-refractivity contribution in [3.05, 3.63) is 53.6 Å². The van der Waals surface area contributed by atoms with Crippen molar-refractivity contribution in [2.75, 3.05) is 24.1 Å². The van der Waals surface area contributed by atoms with Crippen LogP contribution < -0.4 is 11.1 Å². The van der Waals surface area contributed by atoms with Crippen molar-refractivity contribution in [1.82, 2.24) is 4.31 Å². The van der Waals surface area contributed by atoms with Crippen LogP contribution in [0.1, 0.15) is 30.4 Å². The van der Waals surface area contributed by atoms with Crippen molar-refractivity contribution >= 4 is 27.3 Å². The number of hydrogen-bond donors (Lipinski definition) is 2. The predicted molar refractivity (Wildman–Crippen MR) is 107 cm³/mol. The molecule has 0 aliphatic carbocycles. The van der Waals surface area contributed by atoms with E-state index < -0.39 is 10.0 Å². The number of nitrogens with one attached hydrogen (secondary N) is 1. The first-order valence-corrected chi connectivity index (χ1v) is 10.6.